The molecule has 0 unspecified atom stereocenters. The minimum absolute atomic E-state index is 0.0806. The lowest BCUT2D eigenvalue weighted by Gasteiger charge is -2.03. The SMILES string of the molecule is NC(=O)c1nn(Cc2ccccc2Cl)cc1N. The van der Waals surface area contributed by atoms with E-state index < -0.39 is 5.91 Å². The molecule has 0 aliphatic carbocycles. The quantitative estimate of drug-likeness (QED) is 0.860. The van der Waals surface area contributed by atoms with Crippen molar-refractivity contribution < 1.29 is 4.79 Å². The van der Waals surface area contributed by atoms with Crippen LogP contribution in [0.1, 0.15) is 16.1 Å². The molecule has 0 saturated heterocycles. The highest BCUT2D eigenvalue weighted by molar-refractivity contribution is 6.31. The molecule has 1 amide bonds. The zero-order valence-electron chi connectivity index (χ0n) is 8.93. The fourth-order valence-electron chi connectivity index (χ4n) is 1.51. The van der Waals surface area contributed by atoms with Crippen LogP contribution < -0.4 is 11.5 Å². The van der Waals surface area contributed by atoms with E-state index in [9.17, 15) is 4.79 Å². The smallest absolute Gasteiger partial charge is 0.271 e. The summed E-state index contributed by atoms with van der Waals surface area (Å²) in [7, 11) is 0. The summed E-state index contributed by atoms with van der Waals surface area (Å²) >= 11 is 6.02. The normalized spacial score (nSPS) is 10.4. The number of benzene rings is 1. The van der Waals surface area contributed by atoms with E-state index in [0.717, 1.165) is 5.56 Å². The topological polar surface area (TPSA) is 86.9 Å². The number of carbonyl (C=O) groups is 1. The van der Waals surface area contributed by atoms with E-state index in [1.54, 1.807) is 12.3 Å². The van der Waals surface area contributed by atoms with E-state index >= 15 is 0 Å². The Labute approximate surface area is 103 Å². The Hall–Kier alpha value is -2.01. The molecule has 1 heterocycles. The van der Waals surface area contributed by atoms with Gasteiger partial charge in [-0.05, 0) is 11.6 Å². The van der Waals surface area contributed by atoms with Crippen molar-refractivity contribution in [2.24, 2.45) is 5.73 Å². The van der Waals surface area contributed by atoms with Crippen LogP contribution in [0.5, 0.6) is 0 Å². The molecular weight excluding hydrogens is 240 g/mol. The minimum Gasteiger partial charge on any atom is -0.396 e. The number of halogens is 1. The van der Waals surface area contributed by atoms with Gasteiger partial charge in [0.05, 0.1) is 12.2 Å². The minimum atomic E-state index is -0.639. The Bertz CT molecular complexity index is 564. The van der Waals surface area contributed by atoms with Gasteiger partial charge in [0, 0.05) is 11.2 Å². The fraction of sp³-hybridized carbons (Fsp3) is 0.0909. The summed E-state index contributed by atoms with van der Waals surface area (Å²) in [5.41, 5.74) is 12.0. The lowest BCUT2D eigenvalue weighted by Crippen LogP contribution is -2.14. The second kappa shape index (κ2) is 4.47. The first-order valence-corrected chi connectivity index (χ1v) is 5.32. The molecule has 0 aliphatic heterocycles. The lowest BCUT2D eigenvalue weighted by molar-refractivity contribution is 0.0995. The van der Waals surface area contributed by atoms with E-state index in [4.69, 9.17) is 23.1 Å². The number of hydrogen-bond donors (Lipinski definition) is 2. The maximum absolute atomic E-state index is 11.0. The first kappa shape index (κ1) is 11.5. The number of nitrogens with zero attached hydrogens (tertiary/aromatic N) is 2. The molecule has 0 fully saturated rings. The maximum atomic E-state index is 11.0. The number of amides is 1. The number of primary amides is 1. The van der Waals surface area contributed by atoms with Crippen molar-refractivity contribution in [1.29, 1.82) is 0 Å². The van der Waals surface area contributed by atoms with Crippen LogP contribution in [-0.2, 0) is 6.54 Å². The number of aromatic nitrogens is 2. The second-order valence-corrected chi connectivity index (χ2v) is 3.99. The third-order valence-corrected chi connectivity index (χ3v) is 2.68. The van der Waals surface area contributed by atoms with Crippen molar-refractivity contribution in [3.63, 3.8) is 0 Å². The third kappa shape index (κ3) is 2.39. The molecule has 0 radical (unpaired) electrons. The second-order valence-electron chi connectivity index (χ2n) is 3.59. The van der Waals surface area contributed by atoms with Gasteiger partial charge >= 0.3 is 0 Å². The number of hydrogen-bond acceptors (Lipinski definition) is 3. The van der Waals surface area contributed by atoms with E-state index in [1.165, 1.54) is 4.68 Å². The molecule has 6 heteroatoms. The molecule has 2 aromatic rings. The van der Waals surface area contributed by atoms with Crippen LogP contribution in [0.4, 0.5) is 5.69 Å². The third-order valence-electron chi connectivity index (χ3n) is 2.31. The summed E-state index contributed by atoms with van der Waals surface area (Å²) in [6.45, 7) is 0.442. The number of anilines is 1. The van der Waals surface area contributed by atoms with Gasteiger partial charge in [0.2, 0.25) is 0 Å². The highest BCUT2D eigenvalue weighted by Crippen LogP contribution is 2.17. The summed E-state index contributed by atoms with van der Waals surface area (Å²) in [5, 5.41) is 4.65. The lowest BCUT2D eigenvalue weighted by atomic mass is 10.2. The van der Waals surface area contributed by atoms with Crippen molar-refractivity contribution >= 4 is 23.2 Å². The van der Waals surface area contributed by atoms with Gasteiger partial charge in [-0.15, -0.1) is 0 Å². The predicted molar refractivity (Wildman–Crippen MR) is 65.7 cm³/mol. The molecule has 88 valence electrons. The van der Waals surface area contributed by atoms with Gasteiger partial charge in [-0.1, -0.05) is 29.8 Å². The van der Waals surface area contributed by atoms with Gasteiger partial charge in [0.15, 0.2) is 5.69 Å². The average Bonchev–Trinajstić information content (AvgIpc) is 2.63. The zero-order valence-corrected chi connectivity index (χ0v) is 9.69. The van der Waals surface area contributed by atoms with Crippen molar-refractivity contribution in [3.8, 4) is 0 Å². The number of nitrogens with two attached hydrogens (primary N) is 2. The largest absolute Gasteiger partial charge is 0.396 e. The summed E-state index contributed by atoms with van der Waals surface area (Å²) in [6.07, 6.45) is 1.56. The van der Waals surface area contributed by atoms with E-state index in [-0.39, 0.29) is 11.4 Å². The van der Waals surface area contributed by atoms with Crippen molar-refractivity contribution in [1.82, 2.24) is 9.78 Å². The highest BCUT2D eigenvalue weighted by Gasteiger charge is 2.11. The standard InChI is InChI=1S/C11H11ClN4O/c12-8-4-2-1-3-7(8)5-16-6-9(13)10(15-16)11(14)17/h1-4,6H,5,13H2,(H2,14,17). The molecule has 4 N–H and O–H groups in total. The number of rotatable bonds is 3. The predicted octanol–water partition coefficient (Wildman–Crippen LogP) is 1.27. The van der Waals surface area contributed by atoms with Crippen LogP contribution >= 0.6 is 11.6 Å². The first-order chi connectivity index (χ1) is 8.08. The van der Waals surface area contributed by atoms with Crippen LogP contribution in [0.25, 0.3) is 0 Å². The van der Waals surface area contributed by atoms with Gasteiger partial charge in [0.25, 0.3) is 5.91 Å². The van der Waals surface area contributed by atoms with Gasteiger partial charge in [-0.3, -0.25) is 9.48 Å². The summed E-state index contributed by atoms with van der Waals surface area (Å²) in [5.74, 6) is -0.639. The van der Waals surface area contributed by atoms with Crippen LogP contribution in [0.2, 0.25) is 5.02 Å². The Kier molecular flexibility index (Phi) is 3.01. The monoisotopic (exact) mass is 250 g/mol. The summed E-state index contributed by atoms with van der Waals surface area (Å²) in [6, 6.07) is 7.39. The molecule has 1 aromatic carbocycles. The van der Waals surface area contributed by atoms with Gasteiger partial charge in [-0.2, -0.15) is 5.10 Å². The summed E-state index contributed by atoms with van der Waals surface area (Å²) in [4.78, 5) is 11.0. The Morgan fingerprint density at radius 2 is 2.12 bits per heavy atom. The van der Waals surface area contributed by atoms with Crippen LogP contribution in [-0.4, -0.2) is 15.7 Å². The van der Waals surface area contributed by atoms with Crippen LogP contribution in [0.15, 0.2) is 30.5 Å². The van der Waals surface area contributed by atoms with E-state index in [2.05, 4.69) is 5.10 Å². The molecule has 5 nitrogen and oxygen atoms in total. The van der Waals surface area contributed by atoms with E-state index in [0.29, 0.717) is 11.6 Å². The molecule has 17 heavy (non-hydrogen) atoms. The number of nitrogen functional groups attached to an aromatic ring is 1. The fourth-order valence-corrected chi connectivity index (χ4v) is 1.71. The molecule has 2 rings (SSSR count). The molecule has 0 spiro atoms. The zero-order chi connectivity index (χ0) is 12.4. The Balaban J connectivity index is 2.28. The Morgan fingerprint density at radius 1 is 1.41 bits per heavy atom. The van der Waals surface area contributed by atoms with Gasteiger partial charge in [-0.25, -0.2) is 0 Å². The Morgan fingerprint density at radius 3 is 2.71 bits per heavy atom. The van der Waals surface area contributed by atoms with Gasteiger partial charge < -0.3 is 11.5 Å². The van der Waals surface area contributed by atoms with Crippen LogP contribution in [0.3, 0.4) is 0 Å². The molecule has 0 aliphatic rings. The molecule has 0 saturated carbocycles. The number of carbonyl (C=O) groups excluding carboxylic acids is 1. The average molecular weight is 251 g/mol. The van der Waals surface area contributed by atoms with Crippen molar-refractivity contribution in [2.75, 3.05) is 5.73 Å². The molecule has 0 atom stereocenters. The molecular formula is C11H11ClN4O. The summed E-state index contributed by atoms with van der Waals surface area (Å²) < 4.78 is 1.54. The maximum Gasteiger partial charge on any atom is 0.271 e. The van der Waals surface area contributed by atoms with Crippen molar-refractivity contribution in [3.05, 3.63) is 46.7 Å². The van der Waals surface area contributed by atoms with Crippen molar-refractivity contribution in [2.45, 2.75) is 6.54 Å². The van der Waals surface area contributed by atoms with E-state index in [1.807, 2.05) is 18.2 Å². The van der Waals surface area contributed by atoms with Crippen LogP contribution in [0, 0.1) is 0 Å². The molecule has 1 aromatic heterocycles. The molecule has 0 bridgehead atoms. The highest BCUT2D eigenvalue weighted by atomic mass is 35.5. The van der Waals surface area contributed by atoms with Gasteiger partial charge in [0.1, 0.15) is 0 Å². The first-order valence-electron chi connectivity index (χ1n) is 4.94.